The van der Waals surface area contributed by atoms with Crippen molar-refractivity contribution >= 4 is 5.82 Å². The highest BCUT2D eigenvalue weighted by atomic mass is 15.2. The molecular formula is C16H19N3. The fourth-order valence-corrected chi connectivity index (χ4v) is 2.79. The molecule has 2 aromatic heterocycles. The van der Waals surface area contributed by atoms with Gasteiger partial charge in [0, 0.05) is 17.9 Å². The average molecular weight is 253 g/mol. The minimum atomic E-state index is 0.370. The van der Waals surface area contributed by atoms with Gasteiger partial charge in [0.15, 0.2) is 0 Å². The quantitative estimate of drug-likeness (QED) is 0.821. The van der Waals surface area contributed by atoms with Gasteiger partial charge < -0.3 is 4.90 Å². The molecule has 1 aliphatic heterocycles. The van der Waals surface area contributed by atoms with E-state index in [1.807, 2.05) is 26.0 Å². The van der Waals surface area contributed by atoms with Gasteiger partial charge in [-0.15, -0.1) is 0 Å². The van der Waals surface area contributed by atoms with E-state index in [0.717, 1.165) is 30.2 Å². The van der Waals surface area contributed by atoms with Crippen molar-refractivity contribution in [2.45, 2.75) is 32.7 Å². The second-order valence-electron chi connectivity index (χ2n) is 5.19. The van der Waals surface area contributed by atoms with Crippen LogP contribution in [-0.2, 0) is 0 Å². The molecule has 1 saturated heterocycles. The highest BCUT2D eigenvalue weighted by Crippen LogP contribution is 2.34. The third kappa shape index (κ3) is 2.46. The Morgan fingerprint density at radius 3 is 2.47 bits per heavy atom. The van der Waals surface area contributed by atoms with Gasteiger partial charge in [0.1, 0.15) is 5.82 Å². The standard InChI is InChI=1S/C16H19N3/c1-12-6-3-8-14(17-12)15-9-5-11-19(15)16-10-4-7-13(2)18-16/h3-4,6-8,10,15H,5,9,11H2,1-2H3. The number of nitrogens with zero attached hydrogens (tertiary/aromatic N) is 3. The molecule has 19 heavy (non-hydrogen) atoms. The van der Waals surface area contributed by atoms with Gasteiger partial charge in [-0.25, -0.2) is 4.98 Å². The first-order valence-electron chi connectivity index (χ1n) is 6.88. The summed E-state index contributed by atoms with van der Waals surface area (Å²) in [5, 5.41) is 0. The van der Waals surface area contributed by atoms with Crippen molar-refractivity contribution in [3.8, 4) is 0 Å². The van der Waals surface area contributed by atoms with Crippen LogP contribution in [0.25, 0.3) is 0 Å². The monoisotopic (exact) mass is 253 g/mol. The van der Waals surface area contributed by atoms with E-state index >= 15 is 0 Å². The number of rotatable bonds is 2. The molecule has 0 spiro atoms. The van der Waals surface area contributed by atoms with Crippen molar-refractivity contribution < 1.29 is 0 Å². The Morgan fingerprint density at radius 2 is 1.74 bits per heavy atom. The normalized spacial score (nSPS) is 18.8. The smallest absolute Gasteiger partial charge is 0.129 e. The van der Waals surface area contributed by atoms with Gasteiger partial charge in [-0.1, -0.05) is 12.1 Å². The average Bonchev–Trinajstić information content (AvgIpc) is 2.88. The van der Waals surface area contributed by atoms with Gasteiger partial charge in [-0.2, -0.15) is 0 Å². The Morgan fingerprint density at radius 1 is 1.00 bits per heavy atom. The van der Waals surface area contributed by atoms with E-state index in [-0.39, 0.29) is 0 Å². The van der Waals surface area contributed by atoms with E-state index in [4.69, 9.17) is 0 Å². The van der Waals surface area contributed by atoms with E-state index in [1.54, 1.807) is 0 Å². The maximum Gasteiger partial charge on any atom is 0.129 e. The topological polar surface area (TPSA) is 29.0 Å². The molecule has 1 unspecified atom stereocenters. The fraction of sp³-hybridized carbons (Fsp3) is 0.375. The van der Waals surface area contributed by atoms with Gasteiger partial charge in [0.25, 0.3) is 0 Å². The molecule has 0 amide bonds. The first kappa shape index (κ1) is 12.2. The molecule has 0 aromatic carbocycles. The zero-order chi connectivity index (χ0) is 13.2. The van der Waals surface area contributed by atoms with Gasteiger partial charge in [-0.05, 0) is 51.0 Å². The van der Waals surface area contributed by atoms with E-state index < -0.39 is 0 Å². The van der Waals surface area contributed by atoms with E-state index in [0.29, 0.717) is 6.04 Å². The van der Waals surface area contributed by atoms with Gasteiger partial charge in [-0.3, -0.25) is 4.98 Å². The summed E-state index contributed by atoms with van der Waals surface area (Å²) >= 11 is 0. The molecule has 98 valence electrons. The maximum atomic E-state index is 4.68. The lowest BCUT2D eigenvalue weighted by Crippen LogP contribution is -2.24. The second-order valence-corrected chi connectivity index (χ2v) is 5.19. The third-order valence-corrected chi connectivity index (χ3v) is 3.67. The predicted octanol–water partition coefficient (Wildman–Crippen LogP) is 3.43. The third-order valence-electron chi connectivity index (χ3n) is 3.67. The SMILES string of the molecule is Cc1cccc(C2CCCN2c2cccc(C)n2)n1. The molecule has 2 aromatic rings. The highest BCUT2D eigenvalue weighted by Gasteiger charge is 2.28. The molecule has 0 N–H and O–H groups in total. The summed E-state index contributed by atoms with van der Waals surface area (Å²) in [6.07, 6.45) is 2.36. The Kier molecular flexibility index (Phi) is 3.20. The number of pyridine rings is 2. The Bertz CT molecular complexity index is 528. The molecule has 3 heterocycles. The lowest BCUT2D eigenvalue weighted by Gasteiger charge is -2.25. The lowest BCUT2D eigenvalue weighted by molar-refractivity contribution is 0.684. The van der Waals surface area contributed by atoms with Crippen molar-refractivity contribution in [2.75, 3.05) is 11.4 Å². The Labute approximate surface area is 114 Å². The van der Waals surface area contributed by atoms with Crippen LogP contribution in [0.15, 0.2) is 36.4 Å². The molecule has 0 radical (unpaired) electrons. The fourth-order valence-electron chi connectivity index (χ4n) is 2.79. The molecule has 0 aliphatic carbocycles. The first-order chi connectivity index (χ1) is 9.24. The molecule has 1 aliphatic rings. The number of hydrogen-bond acceptors (Lipinski definition) is 3. The van der Waals surface area contributed by atoms with Crippen molar-refractivity contribution in [3.05, 3.63) is 53.5 Å². The van der Waals surface area contributed by atoms with Gasteiger partial charge in [0.2, 0.25) is 0 Å². The second kappa shape index (κ2) is 5.00. The molecular weight excluding hydrogens is 234 g/mol. The summed E-state index contributed by atoms with van der Waals surface area (Å²) in [4.78, 5) is 11.7. The first-order valence-corrected chi connectivity index (χ1v) is 6.88. The van der Waals surface area contributed by atoms with Crippen molar-refractivity contribution in [2.24, 2.45) is 0 Å². The van der Waals surface area contributed by atoms with Crippen molar-refractivity contribution in [1.82, 2.24) is 9.97 Å². The zero-order valence-electron chi connectivity index (χ0n) is 11.5. The van der Waals surface area contributed by atoms with Crippen LogP contribution in [0.2, 0.25) is 0 Å². The van der Waals surface area contributed by atoms with Gasteiger partial charge >= 0.3 is 0 Å². The maximum absolute atomic E-state index is 4.68. The zero-order valence-corrected chi connectivity index (χ0v) is 11.5. The molecule has 3 heteroatoms. The minimum absolute atomic E-state index is 0.370. The molecule has 1 fully saturated rings. The summed E-state index contributed by atoms with van der Waals surface area (Å²) in [5.41, 5.74) is 3.32. The summed E-state index contributed by atoms with van der Waals surface area (Å²) in [6, 6.07) is 12.9. The Balaban J connectivity index is 1.93. The van der Waals surface area contributed by atoms with Crippen LogP contribution in [0.5, 0.6) is 0 Å². The van der Waals surface area contributed by atoms with Crippen LogP contribution in [0.4, 0.5) is 5.82 Å². The Hall–Kier alpha value is -1.90. The largest absolute Gasteiger partial charge is 0.348 e. The molecule has 0 saturated carbocycles. The van der Waals surface area contributed by atoms with Gasteiger partial charge in [0.05, 0.1) is 11.7 Å². The highest BCUT2D eigenvalue weighted by molar-refractivity contribution is 5.43. The molecule has 0 bridgehead atoms. The number of aryl methyl sites for hydroxylation is 2. The van der Waals surface area contributed by atoms with Crippen LogP contribution in [0, 0.1) is 13.8 Å². The van der Waals surface area contributed by atoms with E-state index in [9.17, 15) is 0 Å². The lowest BCUT2D eigenvalue weighted by atomic mass is 10.1. The summed E-state index contributed by atoms with van der Waals surface area (Å²) in [6.45, 7) is 5.16. The van der Waals surface area contributed by atoms with E-state index in [2.05, 4.69) is 39.1 Å². The summed E-state index contributed by atoms with van der Waals surface area (Å²) in [7, 11) is 0. The van der Waals surface area contributed by atoms with Crippen LogP contribution in [0.3, 0.4) is 0 Å². The van der Waals surface area contributed by atoms with Crippen LogP contribution in [-0.4, -0.2) is 16.5 Å². The van der Waals surface area contributed by atoms with Crippen LogP contribution < -0.4 is 4.90 Å². The van der Waals surface area contributed by atoms with Crippen molar-refractivity contribution in [3.63, 3.8) is 0 Å². The number of hydrogen-bond donors (Lipinski definition) is 0. The molecule has 3 nitrogen and oxygen atoms in total. The van der Waals surface area contributed by atoms with Crippen LogP contribution >= 0.6 is 0 Å². The summed E-state index contributed by atoms with van der Waals surface area (Å²) < 4.78 is 0. The number of aromatic nitrogens is 2. The molecule has 1 atom stereocenters. The minimum Gasteiger partial charge on any atom is -0.348 e. The predicted molar refractivity (Wildman–Crippen MR) is 77.3 cm³/mol. The summed E-state index contributed by atoms with van der Waals surface area (Å²) in [5.74, 6) is 1.07. The van der Waals surface area contributed by atoms with Crippen LogP contribution in [0.1, 0.15) is 36.0 Å². The van der Waals surface area contributed by atoms with E-state index in [1.165, 1.54) is 12.1 Å². The molecule has 3 rings (SSSR count). The number of anilines is 1. The van der Waals surface area contributed by atoms with Crippen molar-refractivity contribution in [1.29, 1.82) is 0 Å².